The number of benzene rings is 2. The van der Waals surface area contributed by atoms with Crippen molar-refractivity contribution in [3.8, 4) is 5.75 Å². The summed E-state index contributed by atoms with van der Waals surface area (Å²) in [4.78, 5) is 13.1. The van der Waals surface area contributed by atoms with Gasteiger partial charge in [0.25, 0.3) is 0 Å². The third kappa shape index (κ3) is 4.13. The van der Waals surface area contributed by atoms with Gasteiger partial charge in [0.1, 0.15) is 12.4 Å². The van der Waals surface area contributed by atoms with Crippen molar-refractivity contribution in [1.82, 2.24) is 4.90 Å². The van der Waals surface area contributed by atoms with Gasteiger partial charge >= 0.3 is 5.97 Å². The third-order valence-electron chi connectivity index (χ3n) is 5.34. The lowest BCUT2D eigenvalue weighted by Crippen LogP contribution is -2.51. The number of likely N-dealkylation sites (tertiary alicyclic amines) is 1. The quantitative estimate of drug-likeness (QED) is 0.740. The number of hydrogen-bond acceptors (Lipinski definition) is 4. The molecule has 1 unspecified atom stereocenters. The van der Waals surface area contributed by atoms with Crippen molar-refractivity contribution in [3.05, 3.63) is 63.1 Å². The van der Waals surface area contributed by atoms with Crippen LogP contribution in [0.15, 0.2) is 36.4 Å². The summed E-state index contributed by atoms with van der Waals surface area (Å²) >= 11 is 12.4. The minimum absolute atomic E-state index is 0.167. The van der Waals surface area contributed by atoms with E-state index in [0.717, 1.165) is 30.0 Å². The van der Waals surface area contributed by atoms with E-state index in [1.807, 2.05) is 12.1 Å². The van der Waals surface area contributed by atoms with Gasteiger partial charge in [0.15, 0.2) is 0 Å². The minimum atomic E-state index is -0.731. The predicted octanol–water partition coefficient (Wildman–Crippen LogP) is 4.55. The highest BCUT2D eigenvalue weighted by Crippen LogP contribution is 2.37. The normalized spacial score (nSPS) is 19.7. The average Bonchev–Trinajstić information content (AvgIpc) is 2.63. The standard InChI is InChI=1S/C21H21Cl2NO4/c22-18-2-1-3-19(23)17(18)11-28-15-4-5-16-14(7-15)10-27-12-20(16)24-8-13(9-24)6-21(25)26/h1-5,7,13,20H,6,8-12H2,(H,25,26). The number of aliphatic carboxylic acids is 1. The first-order valence-electron chi connectivity index (χ1n) is 9.23. The second-order valence-corrected chi connectivity index (χ2v) is 8.11. The fourth-order valence-corrected chi connectivity index (χ4v) is 4.37. The Balaban J connectivity index is 1.43. The molecule has 2 aliphatic rings. The van der Waals surface area contributed by atoms with E-state index in [1.54, 1.807) is 18.2 Å². The molecule has 0 aromatic heterocycles. The first-order chi connectivity index (χ1) is 13.5. The van der Waals surface area contributed by atoms with Crippen molar-refractivity contribution in [2.75, 3.05) is 19.7 Å². The molecule has 0 amide bonds. The Hall–Kier alpha value is -1.79. The van der Waals surface area contributed by atoms with E-state index in [9.17, 15) is 4.79 Å². The van der Waals surface area contributed by atoms with Crippen molar-refractivity contribution in [2.24, 2.45) is 5.92 Å². The van der Waals surface area contributed by atoms with Crippen LogP contribution in [0.5, 0.6) is 5.75 Å². The first kappa shape index (κ1) is 19.5. The van der Waals surface area contributed by atoms with Crippen LogP contribution in [0.3, 0.4) is 0 Å². The Morgan fingerprint density at radius 2 is 1.96 bits per heavy atom. The van der Waals surface area contributed by atoms with Gasteiger partial charge < -0.3 is 14.6 Å². The Morgan fingerprint density at radius 3 is 2.68 bits per heavy atom. The number of fused-ring (bicyclic) bond motifs is 1. The Kier molecular flexibility index (Phi) is 5.78. The van der Waals surface area contributed by atoms with Gasteiger partial charge in [0, 0.05) is 28.7 Å². The maximum absolute atomic E-state index is 10.9. The average molecular weight is 422 g/mol. The molecule has 28 heavy (non-hydrogen) atoms. The monoisotopic (exact) mass is 421 g/mol. The van der Waals surface area contributed by atoms with E-state index in [-0.39, 0.29) is 18.4 Å². The topological polar surface area (TPSA) is 59.0 Å². The third-order valence-corrected chi connectivity index (χ3v) is 6.05. The summed E-state index contributed by atoms with van der Waals surface area (Å²) in [6.07, 6.45) is 0.230. The van der Waals surface area contributed by atoms with Crippen LogP contribution in [0.25, 0.3) is 0 Å². The molecular formula is C21H21Cl2NO4. The molecule has 7 heteroatoms. The summed E-state index contributed by atoms with van der Waals surface area (Å²) in [7, 11) is 0. The summed E-state index contributed by atoms with van der Waals surface area (Å²) in [6, 6.07) is 11.6. The molecular weight excluding hydrogens is 401 g/mol. The van der Waals surface area contributed by atoms with Crippen molar-refractivity contribution in [2.45, 2.75) is 25.7 Å². The van der Waals surface area contributed by atoms with E-state index < -0.39 is 5.97 Å². The second-order valence-electron chi connectivity index (χ2n) is 7.30. The fourth-order valence-electron chi connectivity index (χ4n) is 3.86. The first-order valence-corrected chi connectivity index (χ1v) is 9.99. The molecule has 0 saturated carbocycles. The number of carboxylic acid groups (broad SMARTS) is 1. The van der Waals surface area contributed by atoms with Crippen molar-refractivity contribution in [3.63, 3.8) is 0 Å². The van der Waals surface area contributed by atoms with Gasteiger partial charge in [-0.25, -0.2) is 0 Å². The summed E-state index contributed by atoms with van der Waals surface area (Å²) in [5, 5.41) is 10.1. The zero-order valence-electron chi connectivity index (χ0n) is 15.2. The lowest BCUT2D eigenvalue weighted by molar-refractivity contribution is -0.140. The molecule has 2 heterocycles. The van der Waals surface area contributed by atoms with Crippen molar-refractivity contribution >= 4 is 29.2 Å². The van der Waals surface area contributed by atoms with Gasteiger partial charge in [0.05, 0.1) is 25.7 Å². The summed E-state index contributed by atoms with van der Waals surface area (Å²) in [5.74, 6) is 0.238. The van der Waals surface area contributed by atoms with Crippen molar-refractivity contribution in [1.29, 1.82) is 0 Å². The largest absolute Gasteiger partial charge is 0.489 e. The Labute approximate surface area is 173 Å². The molecule has 0 bridgehead atoms. The van der Waals surface area contributed by atoms with Crippen LogP contribution < -0.4 is 4.74 Å². The summed E-state index contributed by atoms with van der Waals surface area (Å²) < 4.78 is 11.7. The lowest BCUT2D eigenvalue weighted by atomic mass is 9.90. The summed E-state index contributed by atoms with van der Waals surface area (Å²) in [6.45, 7) is 3.06. The zero-order chi connectivity index (χ0) is 19.7. The second kappa shape index (κ2) is 8.29. The Bertz CT molecular complexity index is 862. The molecule has 1 saturated heterocycles. The van der Waals surface area contributed by atoms with Crippen molar-refractivity contribution < 1.29 is 19.4 Å². The van der Waals surface area contributed by atoms with Gasteiger partial charge in [-0.15, -0.1) is 0 Å². The predicted molar refractivity (Wildman–Crippen MR) is 107 cm³/mol. The molecule has 1 atom stereocenters. The van der Waals surface area contributed by atoms with Gasteiger partial charge in [0.2, 0.25) is 0 Å². The molecule has 5 nitrogen and oxygen atoms in total. The number of nitrogens with zero attached hydrogens (tertiary/aromatic N) is 1. The van der Waals surface area contributed by atoms with E-state index in [4.69, 9.17) is 37.8 Å². The molecule has 0 aliphatic carbocycles. The van der Waals surface area contributed by atoms with Crippen LogP contribution in [-0.4, -0.2) is 35.7 Å². The number of rotatable bonds is 6. The van der Waals surface area contributed by atoms with Gasteiger partial charge in [-0.2, -0.15) is 0 Å². The SMILES string of the molecule is O=C(O)CC1CN(C2COCc3cc(OCc4c(Cl)cccc4Cl)ccc32)C1. The van der Waals surface area contributed by atoms with Crippen LogP contribution in [0.4, 0.5) is 0 Å². The van der Waals surface area contributed by atoms with Crippen LogP contribution in [0.2, 0.25) is 10.0 Å². The molecule has 1 fully saturated rings. The van der Waals surface area contributed by atoms with Gasteiger partial charge in [-0.3, -0.25) is 9.69 Å². The summed E-state index contributed by atoms with van der Waals surface area (Å²) in [5.41, 5.74) is 3.09. The fraction of sp³-hybridized carbons (Fsp3) is 0.381. The van der Waals surface area contributed by atoms with E-state index >= 15 is 0 Å². The molecule has 0 spiro atoms. The van der Waals surface area contributed by atoms with Crippen LogP contribution >= 0.6 is 23.2 Å². The highest BCUT2D eigenvalue weighted by Gasteiger charge is 2.36. The molecule has 2 aromatic carbocycles. The van der Waals surface area contributed by atoms with Crippen LogP contribution in [0, 0.1) is 5.92 Å². The van der Waals surface area contributed by atoms with E-state index in [1.165, 1.54) is 5.56 Å². The minimum Gasteiger partial charge on any atom is -0.489 e. The molecule has 1 N–H and O–H groups in total. The molecule has 4 rings (SSSR count). The number of halogens is 2. The highest BCUT2D eigenvalue weighted by molar-refractivity contribution is 6.35. The van der Waals surface area contributed by atoms with Gasteiger partial charge in [-0.05, 0) is 41.3 Å². The molecule has 148 valence electrons. The van der Waals surface area contributed by atoms with E-state index in [0.29, 0.717) is 29.9 Å². The zero-order valence-corrected chi connectivity index (χ0v) is 16.7. The Morgan fingerprint density at radius 1 is 1.21 bits per heavy atom. The maximum Gasteiger partial charge on any atom is 0.303 e. The molecule has 2 aliphatic heterocycles. The van der Waals surface area contributed by atoms with Gasteiger partial charge in [-0.1, -0.05) is 35.3 Å². The highest BCUT2D eigenvalue weighted by atomic mass is 35.5. The maximum atomic E-state index is 10.9. The number of carbonyl (C=O) groups is 1. The smallest absolute Gasteiger partial charge is 0.303 e. The van der Waals surface area contributed by atoms with Crippen LogP contribution in [0.1, 0.15) is 29.2 Å². The number of carboxylic acids is 1. The lowest BCUT2D eigenvalue weighted by Gasteiger charge is -2.45. The van der Waals surface area contributed by atoms with E-state index in [2.05, 4.69) is 11.0 Å². The molecule has 0 radical (unpaired) electrons. The van der Waals surface area contributed by atoms with Crippen LogP contribution in [-0.2, 0) is 22.7 Å². The molecule has 2 aromatic rings. The number of ether oxygens (including phenoxy) is 2. The number of hydrogen-bond donors (Lipinski definition) is 1.